The van der Waals surface area contributed by atoms with Gasteiger partial charge in [-0.25, -0.2) is 4.98 Å². The molecule has 0 bridgehead atoms. The van der Waals surface area contributed by atoms with E-state index in [1.165, 1.54) is 16.9 Å². The summed E-state index contributed by atoms with van der Waals surface area (Å²) in [6.45, 7) is 4.09. The van der Waals surface area contributed by atoms with Crippen LogP contribution in [0.5, 0.6) is 0 Å². The van der Waals surface area contributed by atoms with Crippen LogP contribution in [0, 0.1) is 13.8 Å². The first-order valence-electron chi connectivity index (χ1n) is 6.38. The number of carbonyl (C=O) groups excluding carboxylic acids is 1. The first-order chi connectivity index (χ1) is 10.0. The molecular formula is C14H13BrN4OS. The van der Waals surface area contributed by atoms with Crippen molar-refractivity contribution in [3.63, 3.8) is 0 Å². The van der Waals surface area contributed by atoms with Gasteiger partial charge in [0.1, 0.15) is 6.54 Å². The van der Waals surface area contributed by atoms with Crippen LogP contribution in [0.15, 0.2) is 28.9 Å². The molecule has 0 aliphatic carbocycles. The van der Waals surface area contributed by atoms with Crippen LogP contribution in [0.4, 0.5) is 5.13 Å². The number of halogens is 1. The Morgan fingerprint density at radius 2 is 2.24 bits per heavy atom. The van der Waals surface area contributed by atoms with Crippen LogP contribution in [-0.4, -0.2) is 20.7 Å². The molecule has 0 aliphatic heterocycles. The molecule has 0 fully saturated rings. The second kappa shape index (κ2) is 5.57. The largest absolute Gasteiger partial charge is 0.300 e. The summed E-state index contributed by atoms with van der Waals surface area (Å²) >= 11 is 4.85. The first kappa shape index (κ1) is 14.2. The molecule has 7 heteroatoms. The summed E-state index contributed by atoms with van der Waals surface area (Å²) in [7, 11) is 0. The minimum atomic E-state index is -0.138. The number of aromatic nitrogens is 3. The maximum Gasteiger partial charge on any atom is 0.247 e. The zero-order valence-electron chi connectivity index (χ0n) is 11.6. The minimum absolute atomic E-state index is 0.138. The Morgan fingerprint density at radius 3 is 2.95 bits per heavy atom. The summed E-state index contributed by atoms with van der Waals surface area (Å²) in [4.78, 5) is 16.4. The number of fused-ring (bicyclic) bond motifs is 1. The van der Waals surface area contributed by atoms with Gasteiger partial charge in [0.25, 0.3) is 0 Å². The van der Waals surface area contributed by atoms with Crippen LogP contribution in [0.3, 0.4) is 0 Å². The Labute approximate surface area is 134 Å². The van der Waals surface area contributed by atoms with E-state index in [2.05, 4.69) is 37.4 Å². The van der Waals surface area contributed by atoms with E-state index in [9.17, 15) is 4.79 Å². The van der Waals surface area contributed by atoms with Gasteiger partial charge in [-0.2, -0.15) is 5.10 Å². The highest BCUT2D eigenvalue weighted by Crippen LogP contribution is 2.26. The lowest BCUT2D eigenvalue weighted by molar-refractivity contribution is -0.116. The van der Waals surface area contributed by atoms with Crippen LogP contribution in [0.25, 0.3) is 10.2 Å². The van der Waals surface area contributed by atoms with Gasteiger partial charge in [-0.05, 0) is 47.5 Å². The first-order valence-corrected chi connectivity index (χ1v) is 7.99. The molecule has 3 aromatic rings. The number of carbonyl (C=O) groups is 1. The average Bonchev–Trinajstić information content (AvgIpc) is 2.92. The van der Waals surface area contributed by atoms with E-state index in [1.54, 1.807) is 10.9 Å². The Kier molecular flexibility index (Phi) is 3.77. The third-order valence-electron chi connectivity index (χ3n) is 2.98. The number of rotatable bonds is 3. The van der Waals surface area contributed by atoms with Gasteiger partial charge in [0.05, 0.1) is 20.4 Å². The number of benzene rings is 1. The Balaban J connectivity index is 1.73. The van der Waals surface area contributed by atoms with Crippen molar-refractivity contribution in [3.05, 3.63) is 40.1 Å². The van der Waals surface area contributed by atoms with Gasteiger partial charge in [0.2, 0.25) is 5.91 Å². The quantitative estimate of drug-likeness (QED) is 0.773. The lowest BCUT2D eigenvalue weighted by Gasteiger charge is -2.01. The molecule has 0 saturated heterocycles. The van der Waals surface area contributed by atoms with Crippen molar-refractivity contribution in [2.24, 2.45) is 0 Å². The Bertz CT molecular complexity index is 804. The fraction of sp³-hybridized carbons (Fsp3) is 0.214. The minimum Gasteiger partial charge on any atom is -0.300 e. The summed E-state index contributed by atoms with van der Waals surface area (Å²) in [6, 6.07) is 6.04. The van der Waals surface area contributed by atoms with Gasteiger partial charge in [0, 0.05) is 6.20 Å². The zero-order valence-corrected chi connectivity index (χ0v) is 14.0. The van der Waals surface area contributed by atoms with E-state index in [0.29, 0.717) is 5.13 Å². The van der Waals surface area contributed by atoms with E-state index in [0.717, 1.165) is 20.4 Å². The lowest BCUT2D eigenvalue weighted by atomic mass is 10.2. The highest BCUT2D eigenvalue weighted by molar-refractivity contribution is 9.10. The van der Waals surface area contributed by atoms with E-state index < -0.39 is 0 Å². The van der Waals surface area contributed by atoms with Crippen molar-refractivity contribution in [1.29, 1.82) is 0 Å². The molecule has 0 radical (unpaired) electrons. The van der Waals surface area contributed by atoms with Crippen LogP contribution in [0.2, 0.25) is 0 Å². The predicted octanol–water partition coefficient (Wildman–Crippen LogP) is 3.51. The SMILES string of the molecule is Cc1ccc2nc(NC(=O)Cn3cc(Br)c(C)n3)sc2c1. The van der Waals surface area contributed by atoms with Gasteiger partial charge in [0.15, 0.2) is 5.13 Å². The topological polar surface area (TPSA) is 59.8 Å². The maximum atomic E-state index is 12.0. The van der Waals surface area contributed by atoms with Crippen molar-refractivity contribution in [3.8, 4) is 0 Å². The monoisotopic (exact) mass is 364 g/mol. The third-order valence-corrected chi connectivity index (χ3v) is 4.69. The number of nitrogens with one attached hydrogen (secondary N) is 1. The van der Waals surface area contributed by atoms with Crippen molar-refractivity contribution >= 4 is 48.5 Å². The highest BCUT2D eigenvalue weighted by atomic mass is 79.9. The fourth-order valence-electron chi connectivity index (χ4n) is 1.97. The van der Waals surface area contributed by atoms with Gasteiger partial charge in [-0.1, -0.05) is 17.4 Å². The summed E-state index contributed by atoms with van der Waals surface area (Å²) in [6.07, 6.45) is 1.79. The molecule has 21 heavy (non-hydrogen) atoms. The molecule has 2 aromatic heterocycles. The summed E-state index contributed by atoms with van der Waals surface area (Å²) in [5.41, 5.74) is 2.94. The number of hydrogen-bond donors (Lipinski definition) is 1. The lowest BCUT2D eigenvalue weighted by Crippen LogP contribution is -2.18. The van der Waals surface area contributed by atoms with Crippen molar-refractivity contribution in [2.45, 2.75) is 20.4 Å². The number of aryl methyl sites for hydroxylation is 2. The number of anilines is 1. The highest BCUT2D eigenvalue weighted by Gasteiger charge is 2.10. The number of amides is 1. The number of hydrogen-bond acceptors (Lipinski definition) is 4. The second-order valence-electron chi connectivity index (χ2n) is 4.80. The van der Waals surface area contributed by atoms with Gasteiger partial charge in [-0.15, -0.1) is 0 Å². The molecule has 1 amide bonds. The van der Waals surface area contributed by atoms with Crippen LogP contribution < -0.4 is 5.32 Å². The van der Waals surface area contributed by atoms with Crippen molar-refractivity contribution in [2.75, 3.05) is 5.32 Å². The molecule has 3 rings (SSSR count). The standard InChI is InChI=1S/C14H13BrN4OS/c1-8-3-4-11-12(5-8)21-14(16-11)17-13(20)7-19-6-10(15)9(2)18-19/h3-6H,7H2,1-2H3,(H,16,17,20). The Morgan fingerprint density at radius 1 is 1.43 bits per heavy atom. The van der Waals surface area contributed by atoms with Crippen LogP contribution >= 0.6 is 27.3 Å². The molecule has 0 aliphatic rings. The molecule has 0 atom stereocenters. The summed E-state index contributed by atoms with van der Waals surface area (Å²) < 4.78 is 3.57. The molecule has 0 unspecified atom stereocenters. The molecule has 0 saturated carbocycles. The number of thiazole rings is 1. The van der Waals surface area contributed by atoms with Gasteiger partial charge >= 0.3 is 0 Å². The molecule has 1 aromatic carbocycles. The third kappa shape index (κ3) is 3.14. The second-order valence-corrected chi connectivity index (χ2v) is 6.68. The van der Waals surface area contributed by atoms with E-state index in [4.69, 9.17) is 0 Å². The van der Waals surface area contributed by atoms with Gasteiger partial charge < -0.3 is 5.32 Å². The molecule has 5 nitrogen and oxygen atoms in total. The van der Waals surface area contributed by atoms with E-state index in [-0.39, 0.29) is 12.5 Å². The van der Waals surface area contributed by atoms with Crippen LogP contribution in [-0.2, 0) is 11.3 Å². The summed E-state index contributed by atoms with van der Waals surface area (Å²) in [5, 5.41) is 7.67. The smallest absolute Gasteiger partial charge is 0.247 e. The maximum absolute atomic E-state index is 12.0. The molecule has 0 spiro atoms. The van der Waals surface area contributed by atoms with Crippen LogP contribution in [0.1, 0.15) is 11.3 Å². The predicted molar refractivity (Wildman–Crippen MR) is 87.7 cm³/mol. The normalized spacial score (nSPS) is 11.0. The van der Waals surface area contributed by atoms with Gasteiger partial charge in [-0.3, -0.25) is 9.48 Å². The molecule has 1 N–H and O–H groups in total. The summed E-state index contributed by atoms with van der Waals surface area (Å²) in [5.74, 6) is -0.138. The Hall–Kier alpha value is -1.73. The zero-order chi connectivity index (χ0) is 15.0. The fourth-order valence-corrected chi connectivity index (χ4v) is 3.26. The average molecular weight is 365 g/mol. The van der Waals surface area contributed by atoms with E-state index in [1.807, 2.05) is 26.0 Å². The molecular weight excluding hydrogens is 352 g/mol. The van der Waals surface area contributed by atoms with E-state index >= 15 is 0 Å². The molecule has 2 heterocycles. The number of nitrogens with zero attached hydrogens (tertiary/aromatic N) is 3. The van der Waals surface area contributed by atoms with Crippen molar-refractivity contribution in [1.82, 2.24) is 14.8 Å². The molecule has 108 valence electrons. The van der Waals surface area contributed by atoms with Crippen molar-refractivity contribution < 1.29 is 4.79 Å².